The number of morpholine rings is 1. The van der Waals surface area contributed by atoms with E-state index in [0.29, 0.717) is 6.04 Å². The number of ether oxygens (including phenoxy) is 1. The van der Waals surface area contributed by atoms with E-state index < -0.39 is 0 Å². The van der Waals surface area contributed by atoms with E-state index in [2.05, 4.69) is 36.1 Å². The van der Waals surface area contributed by atoms with Gasteiger partial charge in [-0.1, -0.05) is 30.3 Å². The van der Waals surface area contributed by atoms with Gasteiger partial charge >= 0.3 is 0 Å². The molecule has 15 heavy (non-hydrogen) atoms. The Morgan fingerprint density at radius 3 is 2.47 bits per heavy atom. The topological polar surface area (TPSA) is 41.3 Å². The molecule has 0 spiro atoms. The zero-order valence-corrected chi connectivity index (χ0v) is 9.11. The van der Waals surface area contributed by atoms with Gasteiger partial charge in [0.25, 0.3) is 0 Å². The number of hydrogen-bond acceptors (Lipinski definition) is 1. The van der Waals surface area contributed by atoms with E-state index in [9.17, 15) is 0 Å². The normalized spacial score (nSPS) is 20.1. The van der Waals surface area contributed by atoms with E-state index >= 15 is 0 Å². The van der Waals surface area contributed by atoms with Crippen molar-refractivity contribution in [3.63, 3.8) is 0 Å². The van der Waals surface area contributed by atoms with E-state index in [1.54, 1.807) is 4.90 Å². The second-order valence-corrected chi connectivity index (χ2v) is 4.02. The lowest BCUT2D eigenvalue weighted by Crippen LogP contribution is -3.15. The first-order chi connectivity index (χ1) is 7.42. The van der Waals surface area contributed by atoms with Gasteiger partial charge < -0.3 is 15.4 Å². The second kappa shape index (κ2) is 5.26. The number of nitrogens with one attached hydrogen (secondary N) is 1. The predicted molar refractivity (Wildman–Crippen MR) is 58.5 cm³/mol. The summed E-state index contributed by atoms with van der Waals surface area (Å²) in [5.74, 6) is 0. The summed E-state index contributed by atoms with van der Waals surface area (Å²) in [5, 5.41) is 0. The highest BCUT2D eigenvalue weighted by molar-refractivity contribution is 5.17. The summed E-state index contributed by atoms with van der Waals surface area (Å²) in [7, 11) is 0. The Hall–Kier alpha value is -0.900. The van der Waals surface area contributed by atoms with Crippen molar-refractivity contribution < 1.29 is 15.4 Å². The largest absolute Gasteiger partial charge is 0.370 e. The van der Waals surface area contributed by atoms with Crippen LogP contribution in [0.15, 0.2) is 30.3 Å². The van der Waals surface area contributed by atoms with Crippen LogP contribution in [0.4, 0.5) is 0 Å². The van der Waals surface area contributed by atoms with Crippen molar-refractivity contribution in [3.05, 3.63) is 35.9 Å². The quantitative estimate of drug-likeness (QED) is 0.649. The fourth-order valence-electron chi connectivity index (χ4n) is 2.27. The molecule has 4 N–H and O–H groups in total. The Balaban J connectivity index is 2.09. The maximum Gasteiger partial charge on any atom is 0.163 e. The predicted octanol–water partition coefficient (Wildman–Crippen LogP) is -1.12. The maximum absolute atomic E-state index is 5.39. The molecular formula is C12H20N2O+2. The van der Waals surface area contributed by atoms with E-state index in [4.69, 9.17) is 4.74 Å². The minimum Gasteiger partial charge on any atom is -0.370 e. The van der Waals surface area contributed by atoms with E-state index in [1.165, 1.54) is 5.56 Å². The van der Waals surface area contributed by atoms with Gasteiger partial charge in [-0.25, -0.2) is 0 Å². The molecular weight excluding hydrogens is 188 g/mol. The fourth-order valence-corrected chi connectivity index (χ4v) is 2.27. The summed E-state index contributed by atoms with van der Waals surface area (Å²) < 4.78 is 5.39. The zero-order chi connectivity index (χ0) is 10.5. The first kappa shape index (κ1) is 10.6. The fraction of sp³-hybridized carbons (Fsp3) is 0.500. The van der Waals surface area contributed by atoms with Crippen LogP contribution in [0.5, 0.6) is 0 Å². The van der Waals surface area contributed by atoms with E-state index in [0.717, 1.165) is 32.8 Å². The average Bonchev–Trinajstić information content (AvgIpc) is 2.33. The molecule has 2 rings (SSSR count). The van der Waals surface area contributed by atoms with Crippen LogP contribution < -0.4 is 10.6 Å². The zero-order valence-electron chi connectivity index (χ0n) is 9.11. The van der Waals surface area contributed by atoms with Gasteiger partial charge in [0.1, 0.15) is 19.6 Å². The van der Waals surface area contributed by atoms with Crippen molar-refractivity contribution in [1.29, 1.82) is 0 Å². The molecule has 1 aromatic rings. The number of benzene rings is 1. The van der Waals surface area contributed by atoms with Gasteiger partial charge in [0.15, 0.2) is 6.04 Å². The molecule has 0 aliphatic carbocycles. The van der Waals surface area contributed by atoms with E-state index in [1.807, 2.05) is 0 Å². The summed E-state index contributed by atoms with van der Waals surface area (Å²) >= 11 is 0. The molecule has 1 atom stereocenters. The van der Waals surface area contributed by atoms with Crippen LogP contribution >= 0.6 is 0 Å². The summed E-state index contributed by atoms with van der Waals surface area (Å²) in [6, 6.07) is 11.2. The third kappa shape index (κ3) is 2.56. The Bertz CT molecular complexity index is 283. The van der Waals surface area contributed by atoms with Crippen LogP contribution in [-0.4, -0.2) is 32.8 Å². The molecule has 82 valence electrons. The van der Waals surface area contributed by atoms with E-state index in [-0.39, 0.29) is 0 Å². The summed E-state index contributed by atoms with van der Waals surface area (Å²) in [6.45, 7) is 4.95. The molecule has 1 heterocycles. The molecule has 1 saturated heterocycles. The Labute approximate surface area is 90.8 Å². The van der Waals surface area contributed by atoms with Crippen LogP contribution in [0.2, 0.25) is 0 Å². The minimum absolute atomic E-state index is 0.537. The van der Waals surface area contributed by atoms with Crippen LogP contribution in [0, 0.1) is 0 Å². The second-order valence-electron chi connectivity index (χ2n) is 4.02. The molecule has 3 nitrogen and oxygen atoms in total. The van der Waals surface area contributed by atoms with Crippen molar-refractivity contribution in [1.82, 2.24) is 0 Å². The Morgan fingerprint density at radius 1 is 1.20 bits per heavy atom. The van der Waals surface area contributed by atoms with Gasteiger partial charge in [-0.3, -0.25) is 0 Å². The Morgan fingerprint density at radius 2 is 1.87 bits per heavy atom. The van der Waals surface area contributed by atoms with Crippen molar-refractivity contribution in [2.45, 2.75) is 6.04 Å². The smallest absolute Gasteiger partial charge is 0.163 e. The van der Waals surface area contributed by atoms with Gasteiger partial charge in [-0.2, -0.15) is 0 Å². The molecule has 3 heteroatoms. The third-order valence-electron chi connectivity index (χ3n) is 3.12. The summed E-state index contributed by atoms with van der Waals surface area (Å²) in [6.07, 6.45) is 0. The molecule has 0 bridgehead atoms. The molecule has 0 unspecified atom stereocenters. The Kier molecular flexibility index (Phi) is 3.72. The number of rotatable bonds is 3. The van der Waals surface area contributed by atoms with Crippen molar-refractivity contribution >= 4 is 0 Å². The van der Waals surface area contributed by atoms with Gasteiger partial charge in [0.2, 0.25) is 0 Å². The molecule has 0 amide bonds. The van der Waals surface area contributed by atoms with Crippen LogP contribution in [-0.2, 0) is 4.74 Å². The lowest BCUT2D eigenvalue weighted by molar-refractivity contribution is -0.944. The molecule has 1 fully saturated rings. The molecule has 1 aromatic carbocycles. The third-order valence-corrected chi connectivity index (χ3v) is 3.12. The van der Waals surface area contributed by atoms with Gasteiger partial charge in [-0.05, 0) is 0 Å². The molecule has 0 aromatic heterocycles. The average molecular weight is 208 g/mol. The van der Waals surface area contributed by atoms with Gasteiger partial charge in [0.05, 0.1) is 13.2 Å². The van der Waals surface area contributed by atoms with Gasteiger partial charge in [-0.15, -0.1) is 0 Å². The maximum atomic E-state index is 5.39. The highest BCUT2D eigenvalue weighted by Gasteiger charge is 2.26. The number of hydrogen-bond donors (Lipinski definition) is 2. The van der Waals surface area contributed by atoms with Gasteiger partial charge in [0, 0.05) is 5.56 Å². The van der Waals surface area contributed by atoms with Crippen molar-refractivity contribution in [2.24, 2.45) is 0 Å². The highest BCUT2D eigenvalue weighted by Crippen LogP contribution is 2.07. The van der Waals surface area contributed by atoms with Crippen molar-refractivity contribution in [3.8, 4) is 0 Å². The lowest BCUT2D eigenvalue weighted by Gasteiger charge is -2.29. The SMILES string of the molecule is [NH3+]C[C@@H](c1ccccc1)[NH+]1CCOCC1. The van der Waals surface area contributed by atoms with Crippen LogP contribution in [0.3, 0.4) is 0 Å². The van der Waals surface area contributed by atoms with Crippen LogP contribution in [0.25, 0.3) is 0 Å². The first-order valence-electron chi connectivity index (χ1n) is 5.68. The first-order valence-corrected chi connectivity index (χ1v) is 5.68. The molecule has 0 radical (unpaired) electrons. The molecule has 0 saturated carbocycles. The minimum atomic E-state index is 0.537. The van der Waals surface area contributed by atoms with Crippen LogP contribution in [0.1, 0.15) is 11.6 Å². The monoisotopic (exact) mass is 208 g/mol. The van der Waals surface area contributed by atoms with Crippen molar-refractivity contribution in [2.75, 3.05) is 32.8 Å². The lowest BCUT2D eigenvalue weighted by atomic mass is 10.1. The summed E-state index contributed by atoms with van der Waals surface area (Å²) in [5.41, 5.74) is 5.48. The molecule has 1 aliphatic rings. The highest BCUT2D eigenvalue weighted by atomic mass is 16.5. The number of quaternary nitrogens is 2. The summed E-state index contributed by atoms with van der Waals surface area (Å²) in [4.78, 5) is 1.61. The molecule has 1 aliphatic heterocycles. The standard InChI is InChI=1S/C12H18N2O/c13-10-12(11-4-2-1-3-5-11)14-6-8-15-9-7-14/h1-5,12H,6-10,13H2/p+2/t12-/m0/s1.